The van der Waals surface area contributed by atoms with E-state index in [0.29, 0.717) is 5.56 Å². The Morgan fingerprint density at radius 2 is 1.84 bits per heavy atom. The van der Waals surface area contributed by atoms with Crippen LogP contribution in [0.4, 0.5) is 11.4 Å². The van der Waals surface area contributed by atoms with Crippen LogP contribution in [0.25, 0.3) is 0 Å². The van der Waals surface area contributed by atoms with Gasteiger partial charge in [-0.05, 0) is 42.3 Å². The third-order valence-corrected chi connectivity index (χ3v) is 3.67. The molecule has 2 nitrogen and oxygen atoms in total. The van der Waals surface area contributed by atoms with Crippen LogP contribution in [0.5, 0.6) is 0 Å². The molecule has 0 amide bonds. The zero-order valence-corrected chi connectivity index (χ0v) is 12.6. The molecule has 0 N–H and O–H groups in total. The van der Waals surface area contributed by atoms with Crippen molar-refractivity contribution >= 4 is 27.3 Å². The van der Waals surface area contributed by atoms with Crippen molar-refractivity contribution in [1.29, 1.82) is 5.26 Å². The molecule has 0 saturated carbocycles. The van der Waals surface area contributed by atoms with E-state index in [2.05, 4.69) is 53.2 Å². The minimum Gasteiger partial charge on any atom is -0.344 e. The molecule has 0 heterocycles. The van der Waals surface area contributed by atoms with Crippen molar-refractivity contribution in [1.82, 2.24) is 0 Å². The van der Waals surface area contributed by atoms with E-state index in [0.717, 1.165) is 22.3 Å². The van der Waals surface area contributed by atoms with E-state index in [1.807, 2.05) is 30.1 Å². The number of rotatable bonds is 3. The number of anilines is 2. The van der Waals surface area contributed by atoms with Gasteiger partial charge in [0, 0.05) is 17.2 Å². The Kier molecular flexibility index (Phi) is 4.24. The van der Waals surface area contributed by atoms with Crippen molar-refractivity contribution in [2.24, 2.45) is 0 Å². The van der Waals surface area contributed by atoms with Crippen LogP contribution in [-0.4, -0.2) is 7.05 Å². The molecule has 0 unspecified atom stereocenters. The van der Waals surface area contributed by atoms with Crippen LogP contribution in [0.2, 0.25) is 0 Å². The lowest BCUT2D eigenvalue weighted by Crippen LogP contribution is -2.11. The molecule has 2 rings (SSSR count). The highest BCUT2D eigenvalue weighted by Crippen LogP contribution is 2.29. The van der Waals surface area contributed by atoms with E-state index >= 15 is 0 Å². The molecular weight excluding hydrogens is 300 g/mol. The second kappa shape index (κ2) is 5.90. The van der Waals surface area contributed by atoms with Crippen molar-refractivity contribution < 1.29 is 0 Å². The van der Waals surface area contributed by atoms with Crippen molar-refractivity contribution in [3.05, 3.63) is 58.1 Å². The van der Waals surface area contributed by atoms with Crippen LogP contribution in [0, 0.1) is 11.3 Å². The third kappa shape index (κ3) is 2.97. The molecule has 2 aromatic rings. The SMILES string of the molecule is CCc1ccc(N(C)c2cc(Br)ccc2C#N)cc1. The van der Waals surface area contributed by atoms with E-state index in [1.165, 1.54) is 5.56 Å². The predicted octanol–water partition coefficient (Wildman–Crippen LogP) is 4.65. The maximum absolute atomic E-state index is 9.20. The monoisotopic (exact) mass is 314 g/mol. The standard InChI is InChI=1S/C16H15BrN2/c1-3-12-4-8-15(9-5-12)19(2)16-10-14(17)7-6-13(16)11-18/h4-10H,3H2,1-2H3. The van der Waals surface area contributed by atoms with Gasteiger partial charge in [-0.3, -0.25) is 0 Å². The Labute approximate surface area is 122 Å². The number of benzene rings is 2. The summed E-state index contributed by atoms with van der Waals surface area (Å²) in [5.41, 5.74) is 3.96. The van der Waals surface area contributed by atoms with Crippen molar-refractivity contribution in [3.8, 4) is 6.07 Å². The quantitative estimate of drug-likeness (QED) is 0.824. The largest absolute Gasteiger partial charge is 0.344 e. The minimum absolute atomic E-state index is 0.672. The first kappa shape index (κ1) is 13.6. The van der Waals surface area contributed by atoms with Gasteiger partial charge in [0.2, 0.25) is 0 Å². The highest BCUT2D eigenvalue weighted by molar-refractivity contribution is 9.10. The first-order valence-electron chi connectivity index (χ1n) is 6.18. The first-order valence-corrected chi connectivity index (χ1v) is 6.97. The van der Waals surface area contributed by atoms with Crippen molar-refractivity contribution in [2.75, 3.05) is 11.9 Å². The smallest absolute Gasteiger partial charge is 0.101 e. The normalized spacial score (nSPS) is 10.0. The highest BCUT2D eigenvalue weighted by atomic mass is 79.9. The topological polar surface area (TPSA) is 27.0 Å². The van der Waals surface area contributed by atoms with Gasteiger partial charge >= 0.3 is 0 Å². The van der Waals surface area contributed by atoms with E-state index in [9.17, 15) is 5.26 Å². The number of hydrogen-bond donors (Lipinski definition) is 0. The zero-order chi connectivity index (χ0) is 13.8. The molecular formula is C16H15BrN2. The molecule has 0 radical (unpaired) electrons. The summed E-state index contributed by atoms with van der Waals surface area (Å²) in [6.45, 7) is 2.14. The molecule has 0 aromatic heterocycles. The Hall–Kier alpha value is -1.79. The van der Waals surface area contributed by atoms with Gasteiger partial charge in [0.1, 0.15) is 6.07 Å². The van der Waals surface area contributed by atoms with Crippen LogP contribution in [0.1, 0.15) is 18.1 Å². The Bertz CT molecular complexity index is 612. The lowest BCUT2D eigenvalue weighted by atomic mass is 10.1. The van der Waals surface area contributed by atoms with E-state index in [1.54, 1.807) is 0 Å². The summed E-state index contributed by atoms with van der Waals surface area (Å²) in [4.78, 5) is 2.03. The number of aryl methyl sites for hydroxylation is 1. The summed E-state index contributed by atoms with van der Waals surface area (Å²) in [6.07, 6.45) is 1.03. The summed E-state index contributed by atoms with van der Waals surface area (Å²) in [7, 11) is 1.98. The molecule has 0 saturated heterocycles. The molecule has 3 heteroatoms. The van der Waals surface area contributed by atoms with Gasteiger partial charge in [0.05, 0.1) is 11.3 Å². The molecule has 0 spiro atoms. The van der Waals surface area contributed by atoms with Crippen molar-refractivity contribution in [2.45, 2.75) is 13.3 Å². The van der Waals surface area contributed by atoms with Crippen LogP contribution >= 0.6 is 15.9 Å². The molecule has 0 aliphatic heterocycles. The maximum Gasteiger partial charge on any atom is 0.101 e. The molecule has 0 bridgehead atoms. The highest BCUT2D eigenvalue weighted by Gasteiger charge is 2.09. The van der Waals surface area contributed by atoms with Gasteiger partial charge in [0.25, 0.3) is 0 Å². The molecule has 2 aromatic carbocycles. The number of nitrogens with zero attached hydrogens (tertiary/aromatic N) is 2. The molecule has 19 heavy (non-hydrogen) atoms. The second-order valence-electron chi connectivity index (χ2n) is 4.35. The van der Waals surface area contributed by atoms with Gasteiger partial charge in [-0.15, -0.1) is 0 Å². The lowest BCUT2D eigenvalue weighted by Gasteiger charge is -2.21. The molecule has 0 aliphatic rings. The van der Waals surface area contributed by atoms with Crippen LogP contribution in [-0.2, 0) is 6.42 Å². The molecule has 0 aliphatic carbocycles. The summed E-state index contributed by atoms with van der Waals surface area (Å²) in [5.74, 6) is 0. The fourth-order valence-electron chi connectivity index (χ4n) is 1.97. The minimum atomic E-state index is 0.672. The molecule has 0 atom stereocenters. The van der Waals surface area contributed by atoms with Crippen LogP contribution in [0.15, 0.2) is 46.9 Å². The van der Waals surface area contributed by atoms with Crippen LogP contribution < -0.4 is 4.90 Å². The zero-order valence-electron chi connectivity index (χ0n) is 11.0. The Morgan fingerprint density at radius 1 is 1.16 bits per heavy atom. The molecule has 96 valence electrons. The fourth-order valence-corrected chi connectivity index (χ4v) is 2.32. The van der Waals surface area contributed by atoms with E-state index in [4.69, 9.17) is 0 Å². The summed E-state index contributed by atoms with van der Waals surface area (Å²) < 4.78 is 0.971. The second-order valence-corrected chi connectivity index (χ2v) is 5.27. The van der Waals surface area contributed by atoms with E-state index < -0.39 is 0 Å². The molecule has 0 fully saturated rings. The van der Waals surface area contributed by atoms with Gasteiger partial charge in [-0.1, -0.05) is 35.0 Å². The third-order valence-electron chi connectivity index (χ3n) is 3.17. The maximum atomic E-state index is 9.20. The average Bonchev–Trinajstić information content (AvgIpc) is 2.46. The lowest BCUT2D eigenvalue weighted by molar-refractivity contribution is 1.13. The first-order chi connectivity index (χ1) is 9.15. The average molecular weight is 315 g/mol. The number of halogens is 1. The Balaban J connectivity index is 2.40. The predicted molar refractivity (Wildman–Crippen MR) is 82.7 cm³/mol. The summed E-state index contributed by atoms with van der Waals surface area (Å²) >= 11 is 3.45. The van der Waals surface area contributed by atoms with Crippen LogP contribution in [0.3, 0.4) is 0 Å². The number of hydrogen-bond acceptors (Lipinski definition) is 2. The fraction of sp³-hybridized carbons (Fsp3) is 0.188. The summed E-state index contributed by atoms with van der Waals surface area (Å²) in [6, 6.07) is 16.3. The van der Waals surface area contributed by atoms with Crippen molar-refractivity contribution in [3.63, 3.8) is 0 Å². The Morgan fingerprint density at radius 3 is 2.42 bits per heavy atom. The van der Waals surface area contributed by atoms with Gasteiger partial charge < -0.3 is 4.90 Å². The van der Waals surface area contributed by atoms with Gasteiger partial charge in [-0.2, -0.15) is 5.26 Å². The van der Waals surface area contributed by atoms with Gasteiger partial charge in [-0.25, -0.2) is 0 Å². The van der Waals surface area contributed by atoms with Gasteiger partial charge in [0.15, 0.2) is 0 Å². The summed E-state index contributed by atoms with van der Waals surface area (Å²) in [5, 5.41) is 9.20. The van der Waals surface area contributed by atoms with E-state index in [-0.39, 0.29) is 0 Å². The number of nitriles is 1.